The average molecular weight is 471 g/mol. The van der Waals surface area contributed by atoms with Crippen LogP contribution in [0.1, 0.15) is 42.7 Å². The Morgan fingerprint density at radius 1 is 0.886 bits per heavy atom. The Bertz CT molecular complexity index is 1650. The molecule has 4 aromatic carbocycles. The second-order valence-electron chi connectivity index (χ2n) is 9.58. The lowest BCUT2D eigenvalue weighted by atomic mass is 9.92. The van der Waals surface area contributed by atoms with E-state index in [-0.39, 0.29) is 0 Å². The van der Waals surface area contributed by atoms with Crippen molar-refractivity contribution in [2.45, 2.75) is 34.5 Å². The summed E-state index contributed by atoms with van der Waals surface area (Å²) in [5, 5.41) is 3.80. The molecule has 4 aromatic rings. The van der Waals surface area contributed by atoms with Crippen LogP contribution < -0.4 is 9.47 Å². The number of benzene rings is 4. The molecule has 0 N–H and O–H groups in total. The molecule has 2 atom stereocenters. The van der Waals surface area contributed by atoms with E-state index < -0.39 is 42.5 Å². The van der Waals surface area contributed by atoms with Crippen LogP contribution in [0.15, 0.2) is 84.4 Å². The Kier molecular flexibility index (Phi) is 4.30. The van der Waals surface area contributed by atoms with Gasteiger partial charge in [-0.05, 0) is 65.6 Å². The Balaban J connectivity index is 1.63. The normalized spacial score (nSPS) is 21.6. The van der Waals surface area contributed by atoms with Gasteiger partial charge in [-0.15, -0.1) is 0 Å². The predicted octanol–water partition coefficient (Wildman–Crippen LogP) is 8.20. The monoisotopic (exact) mass is 470 g/mol. The maximum absolute atomic E-state index is 13.7. The molecule has 0 radical (unpaired) electrons. The van der Waals surface area contributed by atoms with Crippen molar-refractivity contribution in [1.82, 2.24) is 0 Å². The van der Waals surface area contributed by atoms with E-state index >= 15 is 0 Å². The van der Waals surface area contributed by atoms with Crippen molar-refractivity contribution in [3.8, 4) is 22.6 Å². The van der Waals surface area contributed by atoms with Crippen LogP contribution in [0, 0.1) is 17.3 Å². The van der Waals surface area contributed by atoms with Crippen LogP contribution in [-0.2, 0) is 4.79 Å². The largest absolute Gasteiger partial charge is 0.493 e. The summed E-state index contributed by atoms with van der Waals surface area (Å²) in [5.74, 6) is -0.830. The van der Waals surface area contributed by atoms with E-state index in [4.69, 9.17) is 17.7 Å². The van der Waals surface area contributed by atoms with Gasteiger partial charge in [0.15, 0.2) is 0 Å². The Hall–Kier alpha value is -3.59. The lowest BCUT2D eigenvalue weighted by Crippen LogP contribution is -2.14. The van der Waals surface area contributed by atoms with E-state index in [1.807, 2.05) is 87.5 Å². The molecule has 0 spiro atoms. The fourth-order valence-corrected chi connectivity index (χ4v) is 5.17. The first-order chi connectivity index (χ1) is 19.2. The van der Waals surface area contributed by atoms with Crippen LogP contribution in [0.3, 0.4) is 0 Å². The number of carbonyl (C=O) groups is 1. The first-order valence-corrected chi connectivity index (χ1v) is 11.9. The van der Waals surface area contributed by atoms with E-state index in [0.29, 0.717) is 23.7 Å². The van der Waals surface area contributed by atoms with Gasteiger partial charge in [0.1, 0.15) is 11.5 Å². The third kappa shape index (κ3) is 4.10. The Morgan fingerprint density at radius 3 is 2.06 bits per heavy atom. The quantitative estimate of drug-likeness (QED) is 0.162. The molecule has 1 saturated carbocycles. The molecule has 35 heavy (non-hydrogen) atoms. The van der Waals surface area contributed by atoms with Gasteiger partial charge < -0.3 is 9.47 Å². The molecule has 3 nitrogen and oxygen atoms in total. The van der Waals surface area contributed by atoms with Gasteiger partial charge in [-0.3, -0.25) is 4.79 Å². The predicted molar refractivity (Wildman–Crippen MR) is 144 cm³/mol. The number of fused-ring (bicyclic) bond motifs is 2. The zero-order valence-corrected chi connectivity index (χ0v) is 20.1. The molecule has 1 aliphatic rings. The number of ether oxygens (including phenoxy) is 2. The summed E-state index contributed by atoms with van der Waals surface area (Å²) in [7, 11) is 0. The number of rotatable bonds is 6. The van der Waals surface area contributed by atoms with Crippen LogP contribution >= 0.6 is 0 Å². The van der Waals surface area contributed by atoms with Crippen molar-refractivity contribution < 1.29 is 22.5 Å². The molecular weight excluding hydrogens is 432 g/mol. The molecule has 0 amide bonds. The number of hydrogen-bond acceptors (Lipinski definition) is 3. The summed E-state index contributed by atoms with van der Waals surface area (Å²) >= 11 is 0. The van der Waals surface area contributed by atoms with Crippen LogP contribution in [0.5, 0.6) is 11.5 Å². The highest BCUT2D eigenvalue weighted by atomic mass is 16.5. The van der Waals surface area contributed by atoms with E-state index in [2.05, 4.69) is 0 Å². The van der Waals surface area contributed by atoms with Gasteiger partial charge in [0.25, 0.3) is 0 Å². The summed E-state index contributed by atoms with van der Waals surface area (Å²) in [6.07, 6.45) is 1.24. The lowest BCUT2D eigenvalue weighted by Gasteiger charge is -2.19. The molecule has 5 rings (SSSR count). The van der Waals surface area contributed by atoms with Gasteiger partial charge in [-0.1, -0.05) is 86.2 Å². The second-order valence-corrected chi connectivity index (χ2v) is 9.58. The summed E-state index contributed by atoms with van der Waals surface area (Å²) in [4.78, 5) is 13.7. The van der Waals surface area contributed by atoms with Crippen molar-refractivity contribution in [3.63, 3.8) is 0 Å². The molecule has 0 aromatic heterocycles. The summed E-state index contributed by atoms with van der Waals surface area (Å²) < 4.78 is 58.7. The van der Waals surface area contributed by atoms with E-state index in [1.54, 1.807) is 6.07 Å². The summed E-state index contributed by atoms with van der Waals surface area (Å²) in [5.41, 5.74) is 0.226. The van der Waals surface area contributed by atoms with Crippen LogP contribution in [0.25, 0.3) is 32.7 Å². The minimum absolute atomic E-state index is 0.350. The van der Waals surface area contributed by atoms with E-state index in [0.717, 1.165) is 27.1 Å². The molecule has 0 aliphatic heterocycles. The van der Waals surface area contributed by atoms with Crippen molar-refractivity contribution in [3.05, 3.63) is 84.4 Å². The van der Waals surface area contributed by atoms with Gasteiger partial charge in [0, 0.05) is 19.4 Å². The summed E-state index contributed by atoms with van der Waals surface area (Å²) in [6.45, 7) is 0.400. The Morgan fingerprint density at radius 2 is 1.46 bits per heavy atom. The second kappa shape index (κ2) is 8.88. The van der Waals surface area contributed by atoms with E-state index in [1.165, 1.54) is 6.08 Å². The fourth-order valence-electron chi connectivity index (χ4n) is 5.17. The first kappa shape index (κ1) is 16.9. The minimum atomic E-state index is -2.80. The molecule has 1 fully saturated rings. The fraction of sp³-hybridized carbons (Fsp3) is 0.281. The first-order valence-electron chi connectivity index (χ1n) is 14.9. The van der Waals surface area contributed by atoms with Gasteiger partial charge in [0.2, 0.25) is 0 Å². The van der Waals surface area contributed by atoms with Crippen molar-refractivity contribution in [2.75, 3.05) is 6.61 Å². The highest BCUT2D eigenvalue weighted by molar-refractivity contribution is 6.10. The molecule has 178 valence electrons. The highest BCUT2D eigenvalue weighted by Crippen LogP contribution is 2.60. The van der Waals surface area contributed by atoms with Gasteiger partial charge >= 0.3 is 5.97 Å². The van der Waals surface area contributed by atoms with Crippen molar-refractivity contribution in [1.29, 1.82) is 0 Å². The molecule has 0 heterocycles. The molecule has 1 aliphatic carbocycles. The van der Waals surface area contributed by atoms with Crippen molar-refractivity contribution >= 4 is 27.5 Å². The molecule has 0 saturated heterocycles. The standard InChI is InChI=1S/C32H32O3/c1-6-34-26-17-15-21-11-7-9-13-23(21)28(26)29-24-14-10-8-12-22(24)16-18-27(29)35-31(33)30-25(19-20(2)3)32(30,4)5/h7-19,25,30H,6H2,1-5H3/i2D3,3D3. The van der Waals surface area contributed by atoms with Gasteiger partial charge in [-0.25, -0.2) is 0 Å². The SMILES string of the molecule is [2H]C([2H])([2H])C(=CC1C(C(=O)Oc2ccc3ccccc3c2-c2c(OCC)ccc3ccccc23)C1(C)C)C([2H])([2H])[2H]. The zero-order chi connectivity index (χ0) is 29.7. The zero-order valence-electron chi connectivity index (χ0n) is 26.1. The third-order valence-corrected chi connectivity index (χ3v) is 7.05. The van der Waals surface area contributed by atoms with Gasteiger partial charge in [0.05, 0.1) is 12.5 Å². The minimum Gasteiger partial charge on any atom is -0.493 e. The Labute approximate surface area is 215 Å². The van der Waals surface area contributed by atoms with Crippen LogP contribution in [0.2, 0.25) is 0 Å². The molecule has 3 heteroatoms. The van der Waals surface area contributed by atoms with Crippen LogP contribution in [0.4, 0.5) is 0 Å². The third-order valence-electron chi connectivity index (χ3n) is 7.05. The highest BCUT2D eigenvalue weighted by Gasteiger charge is 2.61. The van der Waals surface area contributed by atoms with Crippen LogP contribution in [-0.4, -0.2) is 12.6 Å². The lowest BCUT2D eigenvalue weighted by molar-refractivity contribution is -0.136. The smallest absolute Gasteiger partial charge is 0.315 e. The molecule has 0 bridgehead atoms. The summed E-state index contributed by atoms with van der Waals surface area (Å²) in [6, 6.07) is 23.4. The average Bonchev–Trinajstić information content (AvgIpc) is 3.46. The van der Waals surface area contributed by atoms with E-state index in [9.17, 15) is 4.79 Å². The van der Waals surface area contributed by atoms with Gasteiger partial charge in [-0.2, -0.15) is 0 Å². The number of carbonyl (C=O) groups excluding carboxylic acids is 1. The number of esters is 1. The molecular formula is C32H32O3. The number of hydrogen-bond donors (Lipinski definition) is 0. The topological polar surface area (TPSA) is 35.5 Å². The maximum Gasteiger partial charge on any atom is 0.315 e. The maximum atomic E-state index is 13.7. The number of allylic oxidation sites excluding steroid dienone is 2. The van der Waals surface area contributed by atoms with Crippen molar-refractivity contribution in [2.24, 2.45) is 17.3 Å². The molecule has 2 unspecified atom stereocenters.